The zero-order valence-corrected chi connectivity index (χ0v) is 27.1. The highest BCUT2D eigenvalue weighted by Crippen LogP contribution is 2.52. The molecule has 0 N–H and O–H groups in total. The summed E-state index contributed by atoms with van der Waals surface area (Å²) in [5.74, 6) is 3.02. The standard InChI is InChI=1S/C42H38O5/c1-43-37-23-15-33(16-24-37)41(31-11-7-5-8-12-31,34-17-25-38(44-2)26-18-34)47-42(32-13-9-6-10-14-32,35-19-27-39(45-3)28-20-35)36-21-29-40(46-4)30-22-36/h5-30H,1-4H3. The van der Waals surface area contributed by atoms with Crippen molar-refractivity contribution in [3.05, 3.63) is 191 Å². The van der Waals surface area contributed by atoms with Gasteiger partial charge in [0.15, 0.2) is 0 Å². The second-order valence-corrected chi connectivity index (χ2v) is 11.1. The summed E-state index contributed by atoms with van der Waals surface area (Å²) < 4.78 is 30.5. The van der Waals surface area contributed by atoms with Crippen LogP contribution in [-0.4, -0.2) is 28.4 Å². The Morgan fingerprint density at radius 1 is 0.277 bits per heavy atom. The van der Waals surface area contributed by atoms with E-state index in [-0.39, 0.29) is 0 Å². The Morgan fingerprint density at radius 2 is 0.489 bits per heavy atom. The van der Waals surface area contributed by atoms with Crippen LogP contribution in [-0.2, 0) is 15.9 Å². The molecule has 236 valence electrons. The number of methoxy groups -OCH3 is 4. The van der Waals surface area contributed by atoms with Gasteiger partial charge in [-0.2, -0.15) is 0 Å². The van der Waals surface area contributed by atoms with Gasteiger partial charge in [-0.25, -0.2) is 0 Å². The molecule has 0 spiro atoms. The monoisotopic (exact) mass is 622 g/mol. The van der Waals surface area contributed by atoms with E-state index in [0.29, 0.717) is 0 Å². The maximum atomic E-state index is 8.07. The molecule has 0 aliphatic rings. The van der Waals surface area contributed by atoms with Crippen molar-refractivity contribution in [3.63, 3.8) is 0 Å². The molecular formula is C42H38O5. The molecular weight excluding hydrogens is 584 g/mol. The second-order valence-electron chi connectivity index (χ2n) is 11.1. The Kier molecular flexibility index (Phi) is 9.28. The highest BCUT2D eigenvalue weighted by Gasteiger charge is 2.49. The summed E-state index contributed by atoms with van der Waals surface area (Å²) in [5, 5.41) is 0. The highest BCUT2D eigenvalue weighted by atomic mass is 16.5. The van der Waals surface area contributed by atoms with E-state index in [4.69, 9.17) is 23.7 Å². The van der Waals surface area contributed by atoms with Crippen molar-refractivity contribution in [3.8, 4) is 23.0 Å². The van der Waals surface area contributed by atoms with E-state index >= 15 is 0 Å². The lowest BCUT2D eigenvalue weighted by atomic mass is 9.75. The topological polar surface area (TPSA) is 46.2 Å². The number of hydrogen-bond donors (Lipinski definition) is 0. The third kappa shape index (κ3) is 5.94. The summed E-state index contributed by atoms with van der Waals surface area (Å²) in [5.41, 5.74) is 3.36. The van der Waals surface area contributed by atoms with Crippen LogP contribution in [0.25, 0.3) is 0 Å². The maximum absolute atomic E-state index is 8.07. The first kappa shape index (κ1) is 31.5. The first-order chi connectivity index (χ1) is 23.1. The average molecular weight is 623 g/mol. The number of hydrogen-bond acceptors (Lipinski definition) is 5. The molecule has 0 saturated carbocycles. The lowest BCUT2D eigenvalue weighted by Gasteiger charge is -2.46. The third-order valence-corrected chi connectivity index (χ3v) is 8.65. The molecule has 6 aromatic carbocycles. The molecule has 0 radical (unpaired) electrons. The Hall–Kier alpha value is -5.52. The van der Waals surface area contributed by atoms with Crippen molar-refractivity contribution >= 4 is 0 Å². The van der Waals surface area contributed by atoms with Gasteiger partial charge in [-0.05, 0) is 81.9 Å². The molecule has 0 saturated heterocycles. The van der Waals surface area contributed by atoms with Gasteiger partial charge in [0.2, 0.25) is 0 Å². The van der Waals surface area contributed by atoms with Gasteiger partial charge >= 0.3 is 0 Å². The van der Waals surface area contributed by atoms with Crippen molar-refractivity contribution in [1.82, 2.24) is 0 Å². The largest absolute Gasteiger partial charge is 0.497 e. The molecule has 0 aliphatic heterocycles. The Bertz CT molecular complexity index is 1610. The molecule has 6 rings (SSSR count). The maximum Gasteiger partial charge on any atom is 0.145 e. The molecule has 47 heavy (non-hydrogen) atoms. The van der Waals surface area contributed by atoms with Crippen molar-refractivity contribution in [1.29, 1.82) is 0 Å². The van der Waals surface area contributed by atoms with Crippen LogP contribution in [0.3, 0.4) is 0 Å². The Labute approximate surface area is 276 Å². The molecule has 0 amide bonds. The van der Waals surface area contributed by atoms with Crippen LogP contribution in [0.1, 0.15) is 33.4 Å². The zero-order chi connectivity index (χ0) is 32.7. The fourth-order valence-electron chi connectivity index (χ4n) is 6.23. The minimum Gasteiger partial charge on any atom is -0.497 e. The molecule has 0 bridgehead atoms. The SMILES string of the molecule is COc1ccc(C(OC(c2ccccc2)(c2ccc(OC)cc2)c2ccc(OC)cc2)(c2ccccc2)c2ccc(OC)cc2)cc1. The van der Waals surface area contributed by atoms with Crippen molar-refractivity contribution < 1.29 is 23.7 Å². The van der Waals surface area contributed by atoms with E-state index in [1.807, 2.05) is 84.9 Å². The smallest absolute Gasteiger partial charge is 0.145 e. The van der Waals surface area contributed by atoms with E-state index in [1.165, 1.54) is 0 Å². The van der Waals surface area contributed by atoms with Crippen molar-refractivity contribution in [2.45, 2.75) is 11.2 Å². The van der Waals surface area contributed by atoms with E-state index in [1.54, 1.807) is 28.4 Å². The van der Waals surface area contributed by atoms with Crippen LogP contribution in [0, 0.1) is 0 Å². The fourth-order valence-corrected chi connectivity index (χ4v) is 6.23. The van der Waals surface area contributed by atoms with Crippen LogP contribution < -0.4 is 18.9 Å². The number of benzene rings is 6. The normalized spacial score (nSPS) is 11.5. The molecule has 0 atom stereocenters. The average Bonchev–Trinajstić information content (AvgIpc) is 3.16. The minimum atomic E-state index is -1.13. The summed E-state index contributed by atoms with van der Waals surface area (Å²) in [6.45, 7) is 0. The van der Waals surface area contributed by atoms with Gasteiger partial charge in [0.25, 0.3) is 0 Å². The van der Waals surface area contributed by atoms with E-state index in [2.05, 4.69) is 72.8 Å². The zero-order valence-electron chi connectivity index (χ0n) is 27.1. The fraction of sp³-hybridized carbons (Fsp3) is 0.143. The molecule has 0 fully saturated rings. The van der Waals surface area contributed by atoms with Crippen LogP contribution in [0.5, 0.6) is 23.0 Å². The first-order valence-corrected chi connectivity index (χ1v) is 15.5. The number of rotatable bonds is 12. The van der Waals surface area contributed by atoms with Gasteiger partial charge in [-0.1, -0.05) is 109 Å². The lowest BCUT2D eigenvalue weighted by Crippen LogP contribution is -2.44. The van der Waals surface area contributed by atoms with Gasteiger partial charge in [-0.3, -0.25) is 0 Å². The molecule has 0 aromatic heterocycles. The van der Waals surface area contributed by atoms with Gasteiger partial charge in [0.05, 0.1) is 28.4 Å². The predicted octanol–water partition coefficient (Wildman–Crippen LogP) is 9.02. The first-order valence-electron chi connectivity index (χ1n) is 15.5. The second kappa shape index (κ2) is 13.9. The lowest BCUT2D eigenvalue weighted by molar-refractivity contribution is -0.0810. The predicted molar refractivity (Wildman–Crippen MR) is 186 cm³/mol. The van der Waals surface area contributed by atoms with Gasteiger partial charge < -0.3 is 23.7 Å². The van der Waals surface area contributed by atoms with E-state index < -0.39 is 11.2 Å². The van der Waals surface area contributed by atoms with Gasteiger partial charge in [0, 0.05) is 0 Å². The van der Waals surface area contributed by atoms with E-state index in [9.17, 15) is 0 Å². The minimum absolute atomic E-state index is 0.755. The Balaban J connectivity index is 1.75. The van der Waals surface area contributed by atoms with Crippen molar-refractivity contribution in [2.24, 2.45) is 0 Å². The Morgan fingerprint density at radius 3 is 0.702 bits per heavy atom. The molecule has 6 aromatic rings. The third-order valence-electron chi connectivity index (χ3n) is 8.65. The summed E-state index contributed by atoms with van der Waals surface area (Å²) >= 11 is 0. The van der Waals surface area contributed by atoms with Crippen molar-refractivity contribution in [2.75, 3.05) is 28.4 Å². The summed E-state index contributed by atoms with van der Waals surface area (Å²) in [6.07, 6.45) is 0. The van der Waals surface area contributed by atoms with Crippen LogP contribution in [0.15, 0.2) is 158 Å². The molecule has 0 aliphatic carbocycles. The summed E-state index contributed by atoms with van der Waals surface area (Å²) in [7, 11) is 6.70. The van der Waals surface area contributed by atoms with Gasteiger partial charge in [0.1, 0.15) is 34.2 Å². The molecule has 5 heteroatoms. The summed E-state index contributed by atoms with van der Waals surface area (Å²) in [4.78, 5) is 0. The molecule has 0 heterocycles. The number of ether oxygens (including phenoxy) is 5. The quantitative estimate of drug-likeness (QED) is 0.128. The molecule has 5 nitrogen and oxygen atoms in total. The highest BCUT2D eigenvalue weighted by molar-refractivity contribution is 5.55. The van der Waals surface area contributed by atoms with Crippen LogP contribution in [0.4, 0.5) is 0 Å². The molecule has 0 unspecified atom stereocenters. The van der Waals surface area contributed by atoms with Gasteiger partial charge in [-0.15, -0.1) is 0 Å². The van der Waals surface area contributed by atoms with E-state index in [0.717, 1.165) is 56.4 Å². The van der Waals surface area contributed by atoms with Crippen LogP contribution in [0.2, 0.25) is 0 Å². The summed E-state index contributed by atoms with van der Waals surface area (Å²) in [6, 6.07) is 53.1. The van der Waals surface area contributed by atoms with Crippen LogP contribution >= 0.6 is 0 Å².